The van der Waals surface area contributed by atoms with Gasteiger partial charge in [-0.3, -0.25) is 4.90 Å². The molecule has 0 bridgehead atoms. The molecule has 16 heavy (non-hydrogen) atoms. The Morgan fingerprint density at radius 3 is 2.81 bits per heavy atom. The van der Waals surface area contributed by atoms with Gasteiger partial charge in [0.1, 0.15) is 5.75 Å². The largest absolute Gasteiger partial charge is 0.493 e. The van der Waals surface area contributed by atoms with Gasteiger partial charge in [0.2, 0.25) is 0 Å². The monoisotopic (exact) mass is 220 g/mol. The van der Waals surface area contributed by atoms with Gasteiger partial charge in [0.25, 0.3) is 0 Å². The van der Waals surface area contributed by atoms with Crippen LogP contribution in [0.4, 0.5) is 5.69 Å². The van der Waals surface area contributed by atoms with Crippen molar-refractivity contribution in [1.82, 2.24) is 4.90 Å². The van der Waals surface area contributed by atoms with Gasteiger partial charge in [-0.15, -0.1) is 0 Å². The van der Waals surface area contributed by atoms with E-state index < -0.39 is 0 Å². The number of anilines is 1. The van der Waals surface area contributed by atoms with Crippen molar-refractivity contribution in [2.75, 3.05) is 25.4 Å². The Balaban J connectivity index is 2.34. The zero-order chi connectivity index (χ0) is 11.5. The predicted octanol–water partition coefficient (Wildman–Crippen LogP) is 2.43. The molecule has 88 valence electrons. The van der Waals surface area contributed by atoms with E-state index in [1.54, 1.807) is 0 Å². The van der Waals surface area contributed by atoms with Gasteiger partial charge in [-0.05, 0) is 31.3 Å². The van der Waals surface area contributed by atoms with Crippen LogP contribution < -0.4 is 10.5 Å². The lowest BCUT2D eigenvalue weighted by Gasteiger charge is -2.34. The minimum absolute atomic E-state index is 0.460. The maximum Gasteiger partial charge on any atom is 0.124 e. The fourth-order valence-electron chi connectivity index (χ4n) is 2.44. The van der Waals surface area contributed by atoms with Crippen LogP contribution >= 0.6 is 0 Å². The molecule has 3 nitrogen and oxygen atoms in total. The molecule has 1 aliphatic heterocycles. The van der Waals surface area contributed by atoms with Crippen molar-refractivity contribution in [3.05, 3.63) is 23.8 Å². The van der Waals surface area contributed by atoms with Crippen LogP contribution in [0.5, 0.6) is 5.75 Å². The summed E-state index contributed by atoms with van der Waals surface area (Å²) in [5, 5.41) is 0. The first-order valence-electron chi connectivity index (χ1n) is 6.02. The van der Waals surface area contributed by atoms with Crippen molar-refractivity contribution in [1.29, 1.82) is 0 Å². The number of hydrogen-bond acceptors (Lipinski definition) is 3. The Hall–Kier alpha value is -1.22. The number of rotatable bonds is 3. The van der Waals surface area contributed by atoms with Crippen molar-refractivity contribution in [3.8, 4) is 5.75 Å². The van der Waals surface area contributed by atoms with Gasteiger partial charge in [0, 0.05) is 23.7 Å². The van der Waals surface area contributed by atoms with E-state index in [2.05, 4.69) is 24.8 Å². The summed E-state index contributed by atoms with van der Waals surface area (Å²) in [7, 11) is 0. The van der Waals surface area contributed by atoms with Crippen LogP contribution in [0.3, 0.4) is 0 Å². The third-order valence-electron chi connectivity index (χ3n) is 3.29. The van der Waals surface area contributed by atoms with Crippen LogP contribution in [0.1, 0.15) is 31.9 Å². The summed E-state index contributed by atoms with van der Waals surface area (Å²) < 4.78 is 5.67. The molecule has 0 aromatic heterocycles. The number of nitrogens with two attached hydrogens (primary N) is 1. The average Bonchev–Trinajstić information content (AvgIpc) is 2.31. The molecule has 0 saturated heterocycles. The SMILES string of the molecule is CCN(CC)C1CCOc2ccc(N)cc21. The molecule has 3 heteroatoms. The molecular formula is C13H20N2O. The summed E-state index contributed by atoms with van der Waals surface area (Å²) in [5.74, 6) is 0.998. The molecule has 0 aliphatic carbocycles. The Morgan fingerprint density at radius 1 is 1.38 bits per heavy atom. The fraction of sp³-hybridized carbons (Fsp3) is 0.538. The van der Waals surface area contributed by atoms with Gasteiger partial charge in [-0.25, -0.2) is 0 Å². The fourth-order valence-corrected chi connectivity index (χ4v) is 2.44. The Kier molecular flexibility index (Phi) is 3.34. The molecule has 0 spiro atoms. The summed E-state index contributed by atoms with van der Waals surface area (Å²) >= 11 is 0. The van der Waals surface area contributed by atoms with E-state index in [1.165, 1.54) is 5.56 Å². The zero-order valence-electron chi connectivity index (χ0n) is 10.1. The molecule has 1 heterocycles. The number of fused-ring (bicyclic) bond motifs is 1. The van der Waals surface area contributed by atoms with Gasteiger partial charge in [0.05, 0.1) is 6.61 Å². The van der Waals surface area contributed by atoms with Crippen LogP contribution in [0.15, 0.2) is 18.2 Å². The van der Waals surface area contributed by atoms with Gasteiger partial charge in [0.15, 0.2) is 0 Å². The van der Waals surface area contributed by atoms with E-state index in [1.807, 2.05) is 12.1 Å². The second-order valence-electron chi connectivity index (χ2n) is 4.17. The van der Waals surface area contributed by atoms with Crippen LogP contribution in [0.2, 0.25) is 0 Å². The van der Waals surface area contributed by atoms with Crippen LogP contribution in [0.25, 0.3) is 0 Å². The van der Waals surface area contributed by atoms with Crippen LogP contribution in [0, 0.1) is 0 Å². The van der Waals surface area contributed by atoms with E-state index in [4.69, 9.17) is 10.5 Å². The lowest BCUT2D eigenvalue weighted by Crippen LogP contribution is -2.32. The number of hydrogen-bond donors (Lipinski definition) is 1. The number of ether oxygens (including phenoxy) is 1. The Morgan fingerprint density at radius 2 is 2.12 bits per heavy atom. The standard InChI is InChI=1S/C13H20N2O/c1-3-15(4-2)12-7-8-16-13-6-5-10(14)9-11(12)13/h5-6,9,12H,3-4,7-8,14H2,1-2H3. The zero-order valence-corrected chi connectivity index (χ0v) is 10.1. The van der Waals surface area contributed by atoms with Crippen molar-refractivity contribution in [2.45, 2.75) is 26.3 Å². The summed E-state index contributed by atoms with van der Waals surface area (Å²) in [6.45, 7) is 7.33. The first kappa shape index (κ1) is 11.3. The Labute approximate surface area is 97.2 Å². The molecule has 0 radical (unpaired) electrons. The highest BCUT2D eigenvalue weighted by Gasteiger charge is 2.25. The average molecular weight is 220 g/mol. The molecule has 1 aromatic carbocycles. The smallest absolute Gasteiger partial charge is 0.124 e. The molecular weight excluding hydrogens is 200 g/mol. The molecule has 1 aromatic rings. The van der Waals surface area contributed by atoms with Crippen LogP contribution in [-0.2, 0) is 0 Å². The Bertz CT molecular complexity index is 361. The molecule has 1 aliphatic rings. The highest BCUT2D eigenvalue weighted by atomic mass is 16.5. The van der Waals surface area contributed by atoms with Gasteiger partial charge < -0.3 is 10.5 Å². The van der Waals surface area contributed by atoms with Crippen molar-refractivity contribution >= 4 is 5.69 Å². The van der Waals surface area contributed by atoms with Crippen molar-refractivity contribution < 1.29 is 4.74 Å². The van der Waals surface area contributed by atoms with E-state index in [0.717, 1.165) is 37.6 Å². The van der Waals surface area contributed by atoms with Gasteiger partial charge in [-0.1, -0.05) is 13.8 Å². The lowest BCUT2D eigenvalue weighted by atomic mass is 9.98. The van der Waals surface area contributed by atoms with Crippen molar-refractivity contribution in [2.24, 2.45) is 0 Å². The number of benzene rings is 1. The van der Waals surface area contributed by atoms with Gasteiger partial charge >= 0.3 is 0 Å². The van der Waals surface area contributed by atoms with E-state index in [0.29, 0.717) is 6.04 Å². The van der Waals surface area contributed by atoms with E-state index in [9.17, 15) is 0 Å². The summed E-state index contributed by atoms with van der Waals surface area (Å²) in [6, 6.07) is 6.41. The number of nitrogens with zero attached hydrogens (tertiary/aromatic N) is 1. The molecule has 2 N–H and O–H groups in total. The first-order chi connectivity index (χ1) is 7.76. The predicted molar refractivity (Wildman–Crippen MR) is 66.6 cm³/mol. The number of nitrogen functional groups attached to an aromatic ring is 1. The summed E-state index contributed by atoms with van der Waals surface area (Å²) in [5.41, 5.74) is 7.92. The lowest BCUT2D eigenvalue weighted by molar-refractivity contribution is 0.152. The third-order valence-corrected chi connectivity index (χ3v) is 3.29. The molecule has 1 atom stereocenters. The molecule has 0 fully saturated rings. The summed E-state index contributed by atoms with van der Waals surface area (Å²) in [4.78, 5) is 2.46. The van der Waals surface area contributed by atoms with Crippen LogP contribution in [-0.4, -0.2) is 24.6 Å². The highest BCUT2D eigenvalue weighted by molar-refractivity contribution is 5.49. The molecule has 1 unspecified atom stereocenters. The highest BCUT2D eigenvalue weighted by Crippen LogP contribution is 2.36. The third kappa shape index (κ3) is 2.00. The van der Waals surface area contributed by atoms with Crippen molar-refractivity contribution in [3.63, 3.8) is 0 Å². The van der Waals surface area contributed by atoms with E-state index in [-0.39, 0.29) is 0 Å². The first-order valence-corrected chi connectivity index (χ1v) is 6.02. The van der Waals surface area contributed by atoms with E-state index >= 15 is 0 Å². The topological polar surface area (TPSA) is 38.5 Å². The molecule has 2 rings (SSSR count). The minimum Gasteiger partial charge on any atom is -0.493 e. The maximum absolute atomic E-state index is 5.85. The quantitative estimate of drug-likeness (QED) is 0.795. The maximum atomic E-state index is 5.85. The molecule has 0 saturated carbocycles. The molecule has 0 amide bonds. The minimum atomic E-state index is 0.460. The second kappa shape index (κ2) is 4.74. The normalized spacial score (nSPS) is 19.3. The van der Waals surface area contributed by atoms with Gasteiger partial charge in [-0.2, -0.15) is 0 Å². The summed E-state index contributed by atoms with van der Waals surface area (Å²) in [6.07, 6.45) is 1.05. The second-order valence-corrected chi connectivity index (χ2v) is 4.17.